The molecule has 0 heterocycles. The van der Waals surface area contributed by atoms with Crippen LogP contribution in [0, 0.1) is 5.92 Å². The molecular formula is C9H14ClNO2. The van der Waals surface area contributed by atoms with Gasteiger partial charge in [-0.25, -0.2) is 0 Å². The van der Waals surface area contributed by atoms with Gasteiger partial charge in [-0.3, -0.25) is 4.79 Å². The largest absolute Gasteiger partial charge is 0.468 e. The van der Waals surface area contributed by atoms with Crippen molar-refractivity contribution in [2.24, 2.45) is 11.7 Å². The fourth-order valence-electron chi connectivity index (χ4n) is 1.18. The van der Waals surface area contributed by atoms with Crippen LogP contribution in [-0.2, 0) is 9.53 Å². The number of halogens is 1. The summed E-state index contributed by atoms with van der Waals surface area (Å²) in [6.07, 6.45) is 8.58. The van der Waals surface area contributed by atoms with Crippen molar-refractivity contribution in [1.82, 2.24) is 0 Å². The van der Waals surface area contributed by atoms with Crippen molar-refractivity contribution in [3.63, 3.8) is 0 Å². The van der Waals surface area contributed by atoms with E-state index in [2.05, 4.69) is 4.74 Å². The van der Waals surface area contributed by atoms with E-state index in [0.717, 1.165) is 6.42 Å². The van der Waals surface area contributed by atoms with Crippen LogP contribution in [0.5, 0.6) is 0 Å². The molecular weight excluding hydrogens is 190 g/mol. The predicted molar refractivity (Wildman–Crippen MR) is 53.6 cm³/mol. The van der Waals surface area contributed by atoms with Gasteiger partial charge in [0.1, 0.15) is 6.04 Å². The molecule has 0 aromatic heterocycles. The average Bonchev–Trinajstić information content (AvgIpc) is 2.17. The van der Waals surface area contributed by atoms with Gasteiger partial charge in [-0.15, -0.1) is 12.4 Å². The van der Waals surface area contributed by atoms with Crippen molar-refractivity contribution in [2.45, 2.75) is 12.5 Å². The minimum absolute atomic E-state index is 0. The number of hydrogen-bond donors (Lipinski definition) is 1. The van der Waals surface area contributed by atoms with Gasteiger partial charge >= 0.3 is 5.97 Å². The number of methoxy groups -OCH3 is 1. The lowest BCUT2D eigenvalue weighted by atomic mass is 9.93. The van der Waals surface area contributed by atoms with Crippen LogP contribution in [0.2, 0.25) is 0 Å². The summed E-state index contributed by atoms with van der Waals surface area (Å²) in [6.45, 7) is 0. The Bertz CT molecular complexity index is 226. The lowest BCUT2D eigenvalue weighted by Crippen LogP contribution is -2.38. The highest BCUT2D eigenvalue weighted by atomic mass is 35.5. The van der Waals surface area contributed by atoms with Gasteiger partial charge in [-0.05, 0) is 6.42 Å². The number of carbonyl (C=O) groups excluding carboxylic acids is 1. The molecule has 1 aliphatic carbocycles. The van der Waals surface area contributed by atoms with Gasteiger partial charge in [0.25, 0.3) is 0 Å². The van der Waals surface area contributed by atoms with Crippen molar-refractivity contribution in [3.8, 4) is 0 Å². The number of rotatable bonds is 2. The van der Waals surface area contributed by atoms with E-state index in [-0.39, 0.29) is 24.3 Å². The maximum Gasteiger partial charge on any atom is 0.323 e. The quantitative estimate of drug-likeness (QED) is 0.683. The second-order valence-corrected chi connectivity index (χ2v) is 2.76. The Balaban J connectivity index is 0.00000144. The normalized spacial score (nSPS) is 21.8. The van der Waals surface area contributed by atoms with Gasteiger partial charge in [0, 0.05) is 5.92 Å². The molecule has 2 unspecified atom stereocenters. The molecule has 3 nitrogen and oxygen atoms in total. The molecule has 0 saturated carbocycles. The standard InChI is InChI=1S/C9H13NO2.ClH/c1-12-9(11)8(10)7-5-3-2-4-6-7;/h2-5,7-8H,6,10H2,1H3;1H. The van der Waals surface area contributed by atoms with Gasteiger partial charge in [-0.1, -0.05) is 24.3 Å². The lowest BCUT2D eigenvalue weighted by Gasteiger charge is -2.18. The number of hydrogen-bond acceptors (Lipinski definition) is 3. The maximum atomic E-state index is 11.0. The first-order valence-electron chi connectivity index (χ1n) is 3.92. The van der Waals surface area contributed by atoms with Crippen LogP contribution in [0.4, 0.5) is 0 Å². The highest BCUT2D eigenvalue weighted by Gasteiger charge is 2.22. The summed E-state index contributed by atoms with van der Waals surface area (Å²) in [5.41, 5.74) is 5.64. The number of nitrogens with two attached hydrogens (primary N) is 1. The molecule has 0 spiro atoms. The Kier molecular flexibility index (Phi) is 5.42. The average molecular weight is 204 g/mol. The molecule has 74 valence electrons. The van der Waals surface area contributed by atoms with E-state index in [1.807, 2.05) is 24.3 Å². The second-order valence-electron chi connectivity index (χ2n) is 2.76. The van der Waals surface area contributed by atoms with Crippen molar-refractivity contribution in [3.05, 3.63) is 24.3 Å². The molecule has 0 amide bonds. The highest BCUT2D eigenvalue weighted by molar-refractivity contribution is 5.85. The molecule has 1 rings (SSSR count). The van der Waals surface area contributed by atoms with E-state index in [9.17, 15) is 4.79 Å². The first-order valence-corrected chi connectivity index (χ1v) is 3.92. The fourth-order valence-corrected chi connectivity index (χ4v) is 1.18. The molecule has 0 radical (unpaired) electrons. The van der Waals surface area contributed by atoms with E-state index in [4.69, 9.17) is 5.73 Å². The van der Waals surface area contributed by atoms with Gasteiger partial charge in [-0.2, -0.15) is 0 Å². The maximum absolute atomic E-state index is 11.0. The summed E-state index contributed by atoms with van der Waals surface area (Å²) in [7, 11) is 1.35. The minimum atomic E-state index is -0.531. The molecule has 1 aliphatic rings. The third-order valence-corrected chi connectivity index (χ3v) is 1.95. The zero-order valence-electron chi connectivity index (χ0n) is 7.47. The summed E-state index contributed by atoms with van der Waals surface area (Å²) in [5.74, 6) is -0.262. The summed E-state index contributed by atoms with van der Waals surface area (Å²) in [4.78, 5) is 11.0. The van der Waals surface area contributed by atoms with E-state index < -0.39 is 6.04 Å². The molecule has 4 heteroatoms. The van der Waals surface area contributed by atoms with E-state index in [1.165, 1.54) is 7.11 Å². The Morgan fingerprint density at radius 3 is 2.77 bits per heavy atom. The van der Waals surface area contributed by atoms with E-state index in [1.54, 1.807) is 0 Å². The predicted octanol–water partition coefficient (Wildman–Crippen LogP) is 1.04. The second kappa shape index (κ2) is 5.78. The number of carbonyl (C=O) groups is 1. The third-order valence-electron chi connectivity index (χ3n) is 1.95. The van der Waals surface area contributed by atoms with Crippen molar-refractivity contribution in [1.29, 1.82) is 0 Å². The van der Waals surface area contributed by atoms with Gasteiger partial charge < -0.3 is 10.5 Å². The van der Waals surface area contributed by atoms with E-state index in [0.29, 0.717) is 0 Å². The van der Waals surface area contributed by atoms with Gasteiger partial charge in [0.2, 0.25) is 0 Å². The Morgan fingerprint density at radius 2 is 2.31 bits per heavy atom. The zero-order valence-corrected chi connectivity index (χ0v) is 8.29. The molecule has 0 fully saturated rings. The molecule has 13 heavy (non-hydrogen) atoms. The Morgan fingerprint density at radius 1 is 1.62 bits per heavy atom. The first-order chi connectivity index (χ1) is 5.75. The first kappa shape index (κ1) is 12.2. The molecule has 2 N–H and O–H groups in total. The Labute approximate surface area is 84.0 Å². The smallest absolute Gasteiger partial charge is 0.323 e. The summed E-state index contributed by atoms with van der Waals surface area (Å²) >= 11 is 0. The van der Waals surface area contributed by atoms with Crippen LogP contribution in [0.1, 0.15) is 6.42 Å². The van der Waals surface area contributed by atoms with Gasteiger partial charge in [0.15, 0.2) is 0 Å². The van der Waals surface area contributed by atoms with Crippen LogP contribution in [0.15, 0.2) is 24.3 Å². The van der Waals surface area contributed by atoms with Crippen LogP contribution in [0.25, 0.3) is 0 Å². The van der Waals surface area contributed by atoms with Gasteiger partial charge in [0.05, 0.1) is 7.11 Å². The third kappa shape index (κ3) is 3.20. The number of esters is 1. The van der Waals surface area contributed by atoms with Crippen molar-refractivity contribution in [2.75, 3.05) is 7.11 Å². The van der Waals surface area contributed by atoms with Crippen LogP contribution in [-0.4, -0.2) is 19.1 Å². The van der Waals surface area contributed by atoms with Crippen molar-refractivity contribution >= 4 is 18.4 Å². The molecule has 0 aliphatic heterocycles. The van der Waals surface area contributed by atoms with Crippen LogP contribution < -0.4 is 5.73 Å². The molecule has 0 aromatic carbocycles. The zero-order chi connectivity index (χ0) is 8.97. The highest BCUT2D eigenvalue weighted by Crippen LogP contribution is 2.14. The fraction of sp³-hybridized carbons (Fsp3) is 0.444. The van der Waals surface area contributed by atoms with Crippen molar-refractivity contribution < 1.29 is 9.53 Å². The molecule has 2 atom stereocenters. The number of allylic oxidation sites excluding steroid dienone is 3. The topological polar surface area (TPSA) is 52.3 Å². The Hall–Kier alpha value is -0.800. The van der Waals surface area contributed by atoms with Crippen LogP contribution >= 0.6 is 12.4 Å². The summed E-state index contributed by atoms with van der Waals surface area (Å²) in [5, 5.41) is 0. The number of ether oxygens (including phenoxy) is 1. The molecule has 0 aromatic rings. The monoisotopic (exact) mass is 203 g/mol. The molecule has 0 saturated heterocycles. The summed E-state index contributed by atoms with van der Waals surface area (Å²) in [6, 6.07) is -0.531. The summed E-state index contributed by atoms with van der Waals surface area (Å²) < 4.78 is 4.54. The minimum Gasteiger partial charge on any atom is -0.468 e. The molecule has 0 bridgehead atoms. The lowest BCUT2D eigenvalue weighted by molar-refractivity contribution is -0.143. The van der Waals surface area contributed by atoms with Crippen LogP contribution in [0.3, 0.4) is 0 Å². The van der Waals surface area contributed by atoms with E-state index >= 15 is 0 Å². The SMILES string of the molecule is COC(=O)C(N)C1C=CC=CC1.Cl.